The summed E-state index contributed by atoms with van der Waals surface area (Å²) in [5, 5.41) is 0. The van der Waals surface area contributed by atoms with Crippen LogP contribution in [0.2, 0.25) is 0 Å². The number of benzene rings is 2. The van der Waals surface area contributed by atoms with Crippen molar-refractivity contribution in [2.45, 2.75) is 18.9 Å². The van der Waals surface area contributed by atoms with Crippen molar-refractivity contribution in [2.24, 2.45) is 0 Å². The van der Waals surface area contributed by atoms with E-state index in [1.807, 2.05) is 31.2 Å². The van der Waals surface area contributed by atoms with Crippen LogP contribution in [0, 0.1) is 5.82 Å². The third-order valence-corrected chi connectivity index (χ3v) is 3.69. The fourth-order valence-electron chi connectivity index (χ4n) is 2.46. The summed E-state index contributed by atoms with van der Waals surface area (Å²) >= 11 is 0. The maximum absolute atomic E-state index is 12.9. The van der Waals surface area contributed by atoms with Crippen molar-refractivity contribution in [3.8, 4) is 11.1 Å². The van der Waals surface area contributed by atoms with Crippen LogP contribution in [0.1, 0.15) is 18.9 Å². The summed E-state index contributed by atoms with van der Waals surface area (Å²) < 4.78 is 12.9. The van der Waals surface area contributed by atoms with Crippen LogP contribution in [0.25, 0.3) is 11.1 Å². The number of halogens is 1. The first-order chi connectivity index (χ1) is 9.57. The Balaban J connectivity index is 1.88. The molecule has 0 aliphatic carbocycles. The van der Waals surface area contributed by atoms with Gasteiger partial charge in [0.05, 0.1) is 12.0 Å². The second kappa shape index (κ2) is 4.72. The number of nitrogens with one attached hydrogen (secondary N) is 2. The highest BCUT2D eigenvalue weighted by atomic mass is 19.1. The van der Waals surface area contributed by atoms with Gasteiger partial charge in [0.15, 0.2) is 0 Å². The Morgan fingerprint density at radius 2 is 1.55 bits per heavy atom. The summed E-state index contributed by atoms with van der Waals surface area (Å²) in [5.74, 6) is -0.243. The van der Waals surface area contributed by atoms with Crippen LogP contribution in [0.15, 0.2) is 48.5 Å². The zero-order valence-corrected chi connectivity index (χ0v) is 11.1. The standard InChI is InChI=1S/C16H15FN2O/c1-16(10-15(20)18-19-16)13-6-2-11(3-7-13)12-4-8-14(17)9-5-12/h2-9,19H,10H2,1H3,(H,18,20). The summed E-state index contributed by atoms with van der Waals surface area (Å²) in [7, 11) is 0. The summed E-state index contributed by atoms with van der Waals surface area (Å²) in [6.45, 7) is 1.98. The molecule has 1 aliphatic rings. The molecule has 2 N–H and O–H groups in total. The fraction of sp³-hybridized carbons (Fsp3) is 0.188. The molecule has 20 heavy (non-hydrogen) atoms. The maximum Gasteiger partial charge on any atom is 0.236 e. The molecule has 1 aliphatic heterocycles. The van der Waals surface area contributed by atoms with Gasteiger partial charge in [-0.1, -0.05) is 36.4 Å². The van der Waals surface area contributed by atoms with Gasteiger partial charge in [0.1, 0.15) is 5.82 Å². The third kappa shape index (κ3) is 2.30. The fourth-order valence-corrected chi connectivity index (χ4v) is 2.46. The van der Waals surface area contributed by atoms with Crippen LogP contribution in [-0.4, -0.2) is 5.91 Å². The zero-order chi connectivity index (χ0) is 14.2. The molecule has 1 fully saturated rings. The Morgan fingerprint density at radius 3 is 2.05 bits per heavy atom. The predicted octanol–water partition coefficient (Wildman–Crippen LogP) is 2.73. The van der Waals surface area contributed by atoms with E-state index in [1.165, 1.54) is 12.1 Å². The molecule has 0 spiro atoms. The minimum atomic E-state index is -0.377. The highest BCUT2D eigenvalue weighted by Gasteiger charge is 2.35. The van der Waals surface area contributed by atoms with Crippen LogP contribution >= 0.6 is 0 Å². The first kappa shape index (κ1) is 12.8. The van der Waals surface area contributed by atoms with Gasteiger partial charge in [-0.05, 0) is 35.7 Å². The van der Waals surface area contributed by atoms with E-state index in [0.29, 0.717) is 6.42 Å². The van der Waals surface area contributed by atoms with E-state index in [1.54, 1.807) is 12.1 Å². The van der Waals surface area contributed by atoms with Gasteiger partial charge in [0, 0.05) is 0 Å². The number of amides is 1. The minimum Gasteiger partial charge on any atom is -0.291 e. The van der Waals surface area contributed by atoms with Gasteiger partial charge in [0.25, 0.3) is 0 Å². The number of carbonyl (C=O) groups excluding carboxylic acids is 1. The molecular weight excluding hydrogens is 255 g/mol. The Hall–Kier alpha value is -2.20. The van der Waals surface area contributed by atoms with Crippen molar-refractivity contribution < 1.29 is 9.18 Å². The van der Waals surface area contributed by atoms with E-state index in [-0.39, 0.29) is 17.3 Å². The van der Waals surface area contributed by atoms with Crippen LogP contribution in [0.4, 0.5) is 4.39 Å². The van der Waals surface area contributed by atoms with Crippen LogP contribution in [0.5, 0.6) is 0 Å². The van der Waals surface area contributed by atoms with Gasteiger partial charge >= 0.3 is 0 Å². The Kier molecular flexibility index (Phi) is 3.03. The van der Waals surface area contributed by atoms with Crippen molar-refractivity contribution in [2.75, 3.05) is 0 Å². The quantitative estimate of drug-likeness (QED) is 0.881. The number of hydrogen-bond donors (Lipinski definition) is 2. The lowest BCUT2D eigenvalue weighted by Gasteiger charge is -2.23. The average Bonchev–Trinajstić information content (AvgIpc) is 2.81. The molecule has 3 nitrogen and oxygen atoms in total. The van der Waals surface area contributed by atoms with Gasteiger partial charge < -0.3 is 0 Å². The molecule has 0 aromatic heterocycles. The van der Waals surface area contributed by atoms with Crippen molar-refractivity contribution in [1.82, 2.24) is 10.9 Å². The smallest absolute Gasteiger partial charge is 0.236 e. The summed E-state index contributed by atoms with van der Waals surface area (Å²) in [5.41, 5.74) is 8.31. The largest absolute Gasteiger partial charge is 0.291 e. The van der Waals surface area contributed by atoms with Gasteiger partial charge in [0.2, 0.25) is 5.91 Å². The Morgan fingerprint density at radius 1 is 1.00 bits per heavy atom. The molecule has 3 rings (SSSR count). The van der Waals surface area contributed by atoms with Crippen LogP contribution in [-0.2, 0) is 10.3 Å². The lowest BCUT2D eigenvalue weighted by atomic mass is 9.89. The summed E-state index contributed by atoms with van der Waals surface area (Å²) in [4.78, 5) is 11.3. The van der Waals surface area contributed by atoms with Crippen molar-refractivity contribution >= 4 is 5.91 Å². The number of hydrogen-bond acceptors (Lipinski definition) is 2. The normalized spacial score (nSPS) is 21.8. The zero-order valence-electron chi connectivity index (χ0n) is 11.1. The molecule has 1 atom stereocenters. The number of hydrazine groups is 1. The summed E-state index contributed by atoms with van der Waals surface area (Å²) in [6.07, 6.45) is 0.420. The molecule has 2 aromatic rings. The molecule has 4 heteroatoms. The van der Waals surface area contributed by atoms with Gasteiger partial charge in [-0.15, -0.1) is 0 Å². The lowest BCUT2D eigenvalue weighted by Crippen LogP contribution is -2.38. The highest BCUT2D eigenvalue weighted by Crippen LogP contribution is 2.29. The summed E-state index contributed by atoms with van der Waals surface area (Å²) in [6, 6.07) is 14.4. The molecule has 102 valence electrons. The van der Waals surface area contributed by atoms with Gasteiger partial charge in [-0.3, -0.25) is 10.2 Å². The van der Waals surface area contributed by atoms with E-state index in [2.05, 4.69) is 10.9 Å². The van der Waals surface area contributed by atoms with Gasteiger partial charge in [-0.25, -0.2) is 9.82 Å². The molecule has 1 heterocycles. The maximum atomic E-state index is 12.9. The Bertz CT molecular complexity index is 637. The van der Waals surface area contributed by atoms with E-state index >= 15 is 0 Å². The first-order valence-electron chi connectivity index (χ1n) is 6.49. The van der Waals surface area contributed by atoms with Crippen molar-refractivity contribution in [3.05, 3.63) is 59.9 Å². The monoisotopic (exact) mass is 270 g/mol. The van der Waals surface area contributed by atoms with E-state index in [4.69, 9.17) is 0 Å². The van der Waals surface area contributed by atoms with Crippen LogP contribution < -0.4 is 10.9 Å². The third-order valence-electron chi connectivity index (χ3n) is 3.69. The molecule has 1 saturated heterocycles. The second-order valence-corrected chi connectivity index (χ2v) is 5.27. The highest BCUT2D eigenvalue weighted by molar-refractivity contribution is 5.79. The average molecular weight is 270 g/mol. The first-order valence-corrected chi connectivity index (χ1v) is 6.49. The SMILES string of the molecule is CC1(c2ccc(-c3ccc(F)cc3)cc2)CC(=O)NN1. The van der Waals surface area contributed by atoms with Gasteiger partial charge in [-0.2, -0.15) is 0 Å². The van der Waals surface area contributed by atoms with Crippen molar-refractivity contribution in [1.29, 1.82) is 0 Å². The molecule has 1 amide bonds. The predicted molar refractivity (Wildman–Crippen MR) is 75.1 cm³/mol. The Labute approximate surface area is 116 Å². The number of rotatable bonds is 2. The molecule has 1 unspecified atom stereocenters. The van der Waals surface area contributed by atoms with Crippen LogP contribution in [0.3, 0.4) is 0 Å². The second-order valence-electron chi connectivity index (χ2n) is 5.27. The lowest BCUT2D eigenvalue weighted by molar-refractivity contribution is -0.119. The number of carbonyl (C=O) groups is 1. The molecule has 2 aromatic carbocycles. The topological polar surface area (TPSA) is 41.1 Å². The molecule has 0 radical (unpaired) electrons. The molecule has 0 saturated carbocycles. The van der Waals surface area contributed by atoms with E-state index in [0.717, 1.165) is 16.7 Å². The van der Waals surface area contributed by atoms with E-state index in [9.17, 15) is 9.18 Å². The molecule has 0 bridgehead atoms. The molecular formula is C16H15FN2O. The van der Waals surface area contributed by atoms with E-state index < -0.39 is 0 Å². The minimum absolute atomic E-state index is 0.00453. The van der Waals surface area contributed by atoms with Crippen molar-refractivity contribution in [3.63, 3.8) is 0 Å².